The molecule has 1 nitrogen and oxygen atoms in total. The van der Waals surface area contributed by atoms with Crippen molar-refractivity contribution in [1.29, 1.82) is 0 Å². The maximum atomic E-state index is 10.7. The van der Waals surface area contributed by atoms with Crippen LogP contribution in [-0.4, -0.2) is 5.78 Å². The molecule has 0 radical (unpaired) electrons. The third kappa shape index (κ3) is 12.8. The molecule has 0 aliphatic heterocycles. The third-order valence-electron chi connectivity index (χ3n) is 4.28. The number of ketones is 1. The van der Waals surface area contributed by atoms with Gasteiger partial charge in [-0.2, -0.15) is 0 Å². The highest BCUT2D eigenvalue weighted by atomic mass is 16.1. The summed E-state index contributed by atoms with van der Waals surface area (Å²) in [6, 6.07) is 10.8. The van der Waals surface area contributed by atoms with E-state index in [2.05, 4.69) is 30.3 Å². The molecule has 0 aromatic heterocycles. The summed E-state index contributed by atoms with van der Waals surface area (Å²) in [4.78, 5) is 10.7. The van der Waals surface area contributed by atoms with Gasteiger partial charge in [0.2, 0.25) is 0 Å². The predicted octanol–water partition coefficient (Wildman–Crippen LogP) is 6.67. The number of allylic oxidation sites excluding steroid dienone is 2. The Morgan fingerprint density at radius 3 is 1.87 bits per heavy atom. The van der Waals surface area contributed by atoms with Crippen LogP contribution in [0.5, 0.6) is 0 Å². The van der Waals surface area contributed by atoms with Gasteiger partial charge >= 0.3 is 0 Å². The van der Waals surface area contributed by atoms with E-state index >= 15 is 0 Å². The molecular formula is C22H34O. The number of aryl methyl sites for hydroxylation is 1. The van der Waals surface area contributed by atoms with Gasteiger partial charge in [-0.1, -0.05) is 87.8 Å². The first-order valence-corrected chi connectivity index (χ1v) is 9.50. The van der Waals surface area contributed by atoms with E-state index in [1.165, 1.54) is 76.2 Å². The lowest BCUT2D eigenvalue weighted by Crippen LogP contribution is -1.86. The minimum absolute atomic E-state index is 0.161. The summed E-state index contributed by atoms with van der Waals surface area (Å²) in [5, 5.41) is 0. The Kier molecular flexibility index (Phi) is 12.2. The van der Waals surface area contributed by atoms with Crippen molar-refractivity contribution in [3.63, 3.8) is 0 Å². The second-order valence-corrected chi connectivity index (χ2v) is 6.57. The maximum Gasteiger partial charge on any atom is 0.152 e. The molecule has 0 bridgehead atoms. The Hall–Kier alpha value is -1.37. The Labute approximate surface area is 143 Å². The van der Waals surface area contributed by atoms with E-state index in [1.54, 1.807) is 13.0 Å². The SMILES string of the molecule is CC(=O)/C=C/CCCCCCCCCCCCc1ccccc1. The molecule has 23 heavy (non-hydrogen) atoms. The van der Waals surface area contributed by atoms with Crippen molar-refractivity contribution in [3.8, 4) is 0 Å². The normalized spacial score (nSPS) is 11.2. The van der Waals surface area contributed by atoms with Crippen LogP contribution < -0.4 is 0 Å². The van der Waals surface area contributed by atoms with Crippen molar-refractivity contribution in [2.75, 3.05) is 0 Å². The van der Waals surface area contributed by atoms with Crippen molar-refractivity contribution in [2.24, 2.45) is 0 Å². The quantitative estimate of drug-likeness (QED) is 0.277. The lowest BCUT2D eigenvalue weighted by molar-refractivity contribution is -0.112. The molecule has 0 aliphatic rings. The van der Waals surface area contributed by atoms with E-state index < -0.39 is 0 Å². The lowest BCUT2D eigenvalue weighted by atomic mass is 10.0. The van der Waals surface area contributed by atoms with Crippen molar-refractivity contribution >= 4 is 5.78 Å². The first-order chi connectivity index (χ1) is 11.3. The first kappa shape index (κ1) is 19.7. The van der Waals surface area contributed by atoms with E-state index in [9.17, 15) is 4.79 Å². The maximum absolute atomic E-state index is 10.7. The highest BCUT2D eigenvalue weighted by Crippen LogP contribution is 2.13. The average Bonchev–Trinajstić information content (AvgIpc) is 2.56. The van der Waals surface area contributed by atoms with E-state index in [1.807, 2.05) is 6.08 Å². The molecule has 1 aromatic carbocycles. The fourth-order valence-electron chi connectivity index (χ4n) is 2.90. The Morgan fingerprint density at radius 1 is 0.783 bits per heavy atom. The van der Waals surface area contributed by atoms with Crippen molar-refractivity contribution in [1.82, 2.24) is 0 Å². The van der Waals surface area contributed by atoms with Crippen LogP contribution in [0.4, 0.5) is 0 Å². The highest BCUT2D eigenvalue weighted by Gasteiger charge is 1.94. The topological polar surface area (TPSA) is 17.1 Å². The van der Waals surface area contributed by atoms with Gasteiger partial charge in [-0.3, -0.25) is 4.79 Å². The second-order valence-electron chi connectivity index (χ2n) is 6.57. The fraction of sp³-hybridized carbons (Fsp3) is 0.591. The van der Waals surface area contributed by atoms with E-state index in [0.29, 0.717) is 0 Å². The smallest absolute Gasteiger partial charge is 0.152 e. The van der Waals surface area contributed by atoms with Crippen molar-refractivity contribution in [2.45, 2.75) is 84.0 Å². The molecule has 0 saturated carbocycles. The zero-order valence-corrected chi connectivity index (χ0v) is 14.9. The van der Waals surface area contributed by atoms with Crippen LogP contribution in [-0.2, 0) is 11.2 Å². The molecule has 0 aliphatic carbocycles. The second kappa shape index (κ2) is 14.2. The van der Waals surface area contributed by atoms with Gasteiger partial charge in [-0.15, -0.1) is 0 Å². The predicted molar refractivity (Wildman–Crippen MR) is 101 cm³/mol. The van der Waals surface area contributed by atoms with Crippen LogP contribution in [0.25, 0.3) is 0 Å². The van der Waals surface area contributed by atoms with Gasteiger partial charge in [0.25, 0.3) is 0 Å². The molecule has 0 spiro atoms. The van der Waals surface area contributed by atoms with Crippen LogP contribution in [0.2, 0.25) is 0 Å². The summed E-state index contributed by atoms with van der Waals surface area (Å²) < 4.78 is 0. The molecule has 0 N–H and O–H groups in total. The molecule has 0 fully saturated rings. The molecule has 0 atom stereocenters. The van der Waals surface area contributed by atoms with Gasteiger partial charge in [0.15, 0.2) is 5.78 Å². The van der Waals surface area contributed by atoms with Gasteiger partial charge in [0, 0.05) is 0 Å². The van der Waals surface area contributed by atoms with Gasteiger partial charge in [0.1, 0.15) is 0 Å². The van der Waals surface area contributed by atoms with E-state index in [0.717, 1.165) is 6.42 Å². The van der Waals surface area contributed by atoms with Gasteiger partial charge in [0.05, 0.1) is 0 Å². The number of carbonyl (C=O) groups is 1. The van der Waals surface area contributed by atoms with Crippen LogP contribution >= 0.6 is 0 Å². The van der Waals surface area contributed by atoms with Crippen LogP contribution in [0.15, 0.2) is 42.5 Å². The van der Waals surface area contributed by atoms with E-state index in [-0.39, 0.29) is 5.78 Å². The van der Waals surface area contributed by atoms with Crippen molar-refractivity contribution < 1.29 is 4.79 Å². The summed E-state index contributed by atoms with van der Waals surface area (Å²) in [5.74, 6) is 0.161. The third-order valence-corrected chi connectivity index (χ3v) is 4.28. The molecule has 1 aromatic rings. The summed E-state index contributed by atoms with van der Waals surface area (Å²) in [7, 11) is 0. The largest absolute Gasteiger partial charge is 0.295 e. The zero-order chi connectivity index (χ0) is 16.6. The Morgan fingerprint density at radius 2 is 1.30 bits per heavy atom. The number of benzene rings is 1. The van der Waals surface area contributed by atoms with Gasteiger partial charge < -0.3 is 0 Å². The van der Waals surface area contributed by atoms with Crippen LogP contribution in [0.1, 0.15) is 83.1 Å². The fourth-order valence-corrected chi connectivity index (χ4v) is 2.90. The molecule has 0 unspecified atom stereocenters. The molecule has 0 saturated heterocycles. The molecule has 0 heterocycles. The van der Waals surface area contributed by atoms with Gasteiger partial charge in [-0.25, -0.2) is 0 Å². The van der Waals surface area contributed by atoms with Crippen LogP contribution in [0.3, 0.4) is 0 Å². The zero-order valence-electron chi connectivity index (χ0n) is 14.9. The monoisotopic (exact) mass is 314 g/mol. The molecule has 128 valence electrons. The van der Waals surface area contributed by atoms with Crippen LogP contribution in [0, 0.1) is 0 Å². The molecule has 1 heteroatoms. The molecule has 1 rings (SSSR count). The summed E-state index contributed by atoms with van der Waals surface area (Å²) in [6.45, 7) is 1.61. The summed E-state index contributed by atoms with van der Waals surface area (Å²) in [6.07, 6.45) is 19.5. The average molecular weight is 315 g/mol. The summed E-state index contributed by atoms with van der Waals surface area (Å²) >= 11 is 0. The summed E-state index contributed by atoms with van der Waals surface area (Å²) in [5.41, 5.74) is 1.48. The van der Waals surface area contributed by atoms with Crippen molar-refractivity contribution in [3.05, 3.63) is 48.0 Å². The minimum Gasteiger partial charge on any atom is -0.295 e. The number of hydrogen-bond acceptors (Lipinski definition) is 1. The number of hydrogen-bond donors (Lipinski definition) is 0. The standard InChI is InChI=1S/C22H34O/c1-21(23)17-13-10-8-6-4-2-3-5-7-9-11-14-18-22-19-15-12-16-20-22/h12-13,15-17,19-20H,2-11,14,18H2,1H3/b17-13+. The minimum atomic E-state index is 0.161. The first-order valence-electron chi connectivity index (χ1n) is 9.50. The Bertz CT molecular complexity index is 419. The number of carbonyl (C=O) groups excluding carboxylic acids is 1. The highest BCUT2D eigenvalue weighted by molar-refractivity contribution is 5.87. The lowest BCUT2D eigenvalue weighted by Gasteiger charge is -2.03. The number of rotatable bonds is 14. The van der Waals surface area contributed by atoms with E-state index in [4.69, 9.17) is 0 Å². The molecular weight excluding hydrogens is 280 g/mol. The van der Waals surface area contributed by atoms with Gasteiger partial charge in [-0.05, 0) is 44.2 Å². The number of unbranched alkanes of at least 4 members (excludes halogenated alkanes) is 10. The molecule has 0 amide bonds. The Balaban J connectivity index is 1.77.